The van der Waals surface area contributed by atoms with E-state index in [9.17, 15) is 4.79 Å². The van der Waals surface area contributed by atoms with Gasteiger partial charge in [0.05, 0.1) is 12.5 Å². The summed E-state index contributed by atoms with van der Waals surface area (Å²) in [7, 11) is 0. The fourth-order valence-corrected chi connectivity index (χ4v) is 1.81. The van der Waals surface area contributed by atoms with Gasteiger partial charge in [0, 0.05) is 0 Å². The fourth-order valence-electron chi connectivity index (χ4n) is 1.81. The minimum atomic E-state index is -0.0605. The maximum atomic E-state index is 11.4. The molecule has 102 valence electrons. The first kappa shape index (κ1) is 16.5. The molecular weight excluding hydrogens is 212 g/mol. The molecule has 0 aliphatic heterocycles. The van der Waals surface area contributed by atoms with Gasteiger partial charge in [0.15, 0.2) is 0 Å². The highest BCUT2D eigenvalue weighted by molar-refractivity contribution is 5.71. The van der Waals surface area contributed by atoms with E-state index in [-0.39, 0.29) is 11.9 Å². The summed E-state index contributed by atoms with van der Waals surface area (Å²) in [6.07, 6.45) is 6.02. The molecule has 0 N–H and O–H groups in total. The Morgan fingerprint density at radius 1 is 1.06 bits per heavy atom. The molecular formula is C15H30O2. The molecule has 0 saturated heterocycles. The van der Waals surface area contributed by atoms with Crippen LogP contribution in [0.25, 0.3) is 0 Å². The van der Waals surface area contributed by atoms with Crippen molar-refractivity contribution in [2.45, 2.75) is 66.7 Å². The molecule has 0 aromatic carbocycles. The van der Waals surface area contributed by atoms with E-state index in [4.69, 9.17) is 4.74 Å². The van der Waals surface area contributed by atoms with Crippen molar-refractivity contribution < 1.29 is 9.53 Å². The number of carbonyl (C=O) groups excluding carboxylic acids is 1. The van der Waals surface area contributed by atoms with Crippen LogP contribution in [0.3, 0.4) is 0 Å². The van der Waals surface area contributed by atoms with Crippen LogP contribution in [-0.4, -0.2) is 12.6 Å². The third-order valence-corrected chi connectivity index (χ3v) is 3.39. The highest BCUT2D eigenvalue weighted by Crippen LogP contribution is 2.19. The second-order valence-corrected chi connectivity index (χ2v) is 5.53. The summed E-state index contributed by atoms with van der Waals surface area (Å²) in [5.74, 6) is 1.27. The highest BCUT2D eigenvalue weighted by atomic mass is 16.5. The van der Waals surface area contributed by atoms with Crippen LogP contribution in [0, 0.1) is 17.8 Å². The zero-order valence-corrected chi connectivity index (χ0v) is 12.3. The van der Waals surface area contributed by atoms with E-state index < -0.39 is 0 Å². The molecule has 0 aromatic heterocycles. The maximum absolute atomic E-state index is 11.4. The monoisotopic (exact) mass is 242 g/mol. The zero-order chi connectivity index (χ0) is 13.3. The first-order chi connectivity index (χ1) is 8.01. The summed E-state index contributed by atoms with van der Waals surface area (Å²) in [5, 5.41) is 0. The standard InChI is InChI=1S/C15H30O2/c1-6-8-14(10-9-13(5)7-2)11-17-15(16)12(3)4/h12-14H,6-11H2,1-5H3. The summed E-state index contributed by atoms with van der Waals surface area (Å²) >= 11 is 0. The number of hydrogen-bond acceptors (Lipinski definition) is 2. The number of ether oxygens (including phenoxy) is 1. The molecule has 0 amide bonds. The van der Waals surface area contributed by atoms with Gasteiger partial charge in [-0.1, -0.05) is 53.9 Å². The summed E-state index contributed by atoms with van der Waals surface area (Å²) in [6.45, 7) is 11.1. The molecule has 0 aromatic rings. The van der Waals surface area contributed by atoms with E-state index in [2.05, 4.69) is 20.8 Å². The Hall–Kier alpha value is -0.530. The van der Waals surface area contributed by atoms with Gasteiger partial charge in [0.1, 0.15) is 0 Å². The SMILES string of the molecule is CCCC(CCC(C)CC)COC(=O)C(C)C. The third kappa shape index (κ3) is 8.23. The topological polar surface area (TPSA) is 26.3 Å². The van der Waals surface area contributed by atoms with Gasteiger partial charge in [0.2, 0.25) is 0 Å². The molecule has 0 spiro atoms. The van der Waals surface area contributed by atoms with Gasteiger partial charge in [-0.25, -0.2) is 0 Å². The minimum absolute atomic E-state index is 0.00755. The number of rotatable bonds is 9. The number of carbonyl (C=O) groups is 1. The lowest BCUT2D eigenvalue weighted by Crippen LogP contribution is -2.18. The van der Waals surface area contributed by atoms with Crippen LogP contribution >= 0.6 is 0 Å². The molecule has 2 heteroatoms. The number of esters is 1. The largest absolute Gasteiger partial charge is 0.465 e. The Balaban J connectivity index is 3.93. The summed E-state index contributed by atoms with van der Waals surface area (Å²) in [6, 6.07) is 0. The average molecular weight is 242 g/mol. The van der Waals surface area contributed by atoms with Gasteiger partial charge >= 0.3 is 5.97 Å². The molecule has 0 bridgehead atoms. The van der Waals surface area contributed by atoms with E-state index in [1.807, 2.05) is 13.8 Å². The van der Waals surface area contributed by atoms with Crippen molar-refractivity contribution in [2.75, 3.05) is 6.61 Å². The quantitative estimate of drug-likeness (QED) is 0.559. The third-order valence-electron chi connectivity index (χ3n) is 3.39. The lowest BCUT2D eigenvalue weighted by atomic mass is 9.93. The van der Waals surface area contributed by atoms with Crippen LogP contribution in [0.1, 0.15) is 66.7 Å². The Morgan fingerprint density at radius 3 is 2.18 bits per heavy atom. The predicted octanol–water partition coefficient (Wildman–Crippen LogP) is 4.43. The molecule has 0 rings (SSSR count). The van der Waals surface area contributed by atoms with Crippen molar-refractivity contribution in [3.8, 4) is 0 Å². The summed E-state index contributed by atoms with van der Waals surface area (Å²) in [4.78, 5) is 11.4. The van der Waals surface area contributed by atoms with Crippen molar-refractivity contribution in [2.24, 2.45) is 17.8 Å². The van der Waals surface area contributed by atoms with Crippen LogP contribution in [0.4, 0.5) is 0 Å². The van der Waals surface area contributed by atoms with Crippen molar-refractivity contribution >= 4 is 5.97 Å². The van der Waals surface area contributed by atoms with E-state index in [0.717, 1.165) is 5.92 Å². The minimum Gasteiger partial charge on any atom is -0.465 e. The Bertz CT molecular complexity index is 199. The normalized spacial score (nSPS) is 14.7. The van der Waals surface area contributed by atoms with Gasteiger partial charge in [-0.3, -0.25) is 4.79 Å². The highest BCUT2D eigenvalue weighted by Gasteiger charge is 2.14. The molecule has 2 atom stereocenters. The van der Waals surface area contributed by atoms with Gasteiger partial charge in [-0.15, -0.1) is 0 Å². The van der Waals surface area contributed by atoms with E-state index >= 15 is 0 Å². The van der Waals surface area contributed by atoms with Crippen LogP contribution in [0.15, 0.2) is 0 Å². The van der Waals surface area contributed by atoms with E-state index in [0.29, 0.717) is 12.5 Å². The second-order valence-electron chi connectivity index (χ2n) is 5.53. The molecule has 0 heterocycles. The average Bonchev–Trinajstić information content (AvgIpc) is 2.31. The van der Waals surface area contributed by atoms with Gasteiger partial charge < -0.3 is 4.74 Å². The maximum Gasteiger partial charge on any atom is 0.308 e. The molecule has 0 radical (unpaired) electrons. The van der Waals surface area contributed by atoms with Gasteiger partial charge in [0.25, 0.3) is 0 Å². The van der Waals surface area contributed by atoms with Crippen LogP contribution in [-0.2, 0) is 9.53 Å². The first-order valence-electron chi connectivity index (χ1n) is 7.17. The molecule has 2 nitrogen and oxygen atoms in total. The molecule has 17 heavy (non-hydrogen) atoms. The molecule has 2 unspecified atom stereocenters. The molecule has 0 fully saturated rings. The molecule has 0 aliphatic carbocycles. The second kappa shape index (κ2) is 9.49. The molecule has 0 aliphatic rings. The van der Waals surface area contributed by atoms with Crippen LogP contribution < -0.4 is 0 Å². The Labute approximate surface area is 107 Å². The van der Waals surface area contributed by atoms with E-state index in [1.54, 1.807) is 0 Å². The van der Waals surface area contributed by atoms with E-state index in [1.165, 1.54) is 32.1 Å². The fraction of sp³-hybridized carbons (Fsp3) is 0.933. The lowest BCUT2D eigenvalue weighted by molar-refractivity contribution is -0.148. The zero-order valence-electron chi connectivity index (χ0n) is 12.3. The summed E-state index contributed by atoms with van der Waals surface area (Å²) in [5.41, 5.74) is 0. The van der Waals surface area contributed by atoms with Crippen molar-refractivity contribution in [1.82, 2.24) is 0 Å². The van der Waals surface area contributed by atoms with Gasteiger partial charge in [-0.05, 0) is 24.7 Å². The predicted molar refractivity (Wildman–Crippen MR) is 72.9 cm³/mol. The van der Waals surface area contributed by atoms with Crippen molar-refractivity contribution in [3.05, 3.63) is 0 Å². The first-order valence-corrected chi connectivity index (χ1v) is 7.17. The van der Waals surface area contributed by atoms with Crippen LogP contribution in [0.5, 0.6) is 0 Å². The van der Waals surface area contributed by atoms with Crippen molar-refractivity contribution in [3.63, 3.8) is 0 Å². The smallest absolute Gasteiger partial charge is 0.308 e. The Kier molecular flexibility index (Phi) is 9.20. The Morgan fingerprint density at radius 2 is 1.71 bits per heavy atom. The van der Waals surface area contributed by atoms with Crippen molar-refractivity contribution in [1.29, 1.82) is 0 Å². The summed E-state index contributed by atoms with van der Waals surface area (Å²) < 4.78 is 5.35. The molecule has 0 saturated carbocycles. The lowest BCUT2D eigenvalue weighted by Gasteiger charge is -2.18. The van der Waals surface area contributed by atoms with Gasteiger partial charge in [-0.2, -0.15) is 0 Å². The van der Waals surface area contributed by atoms with Crippen LogP contribution in [0.2, 0.25) is 0 Å². The number of hydrogen-bond donors (Lipinski definition) is 0.